The van der Waals surface area contributed by atoms with Gasteiger partial charge in [-0.2, -0.15) is 13.2 Å². The number of nitrogens with two attached hydrogens (primary N) is 1. The summed E-state index contributed by atoms with van der Waals surface area (Å²) >= 11 is 0. The van der Waals surface area contributed by atoms with Crippen molar-refractivity contribution < 1.29 is 36.6 Å². The zero-order valence-electron chi connectivity index (χ0n) is 19.6. The molecule has 0 atom stereocenters. The summed E-state index contributed by atoms with van der Waals surface area (Å²) in [5, 5.41) is 8.96. The van der Waals surface area contributed by atoms with Crippen LogP contribution < -0.4 is 15.9 Å². The Bertz CT molecular complexity index is 1620. The van der Waals surface area contributed by atoms with Crippen LogP contribution in [0.4, 0.5) is 22.0 Å². The summed E-state index contributed by atoms with van der Waals surface area (Å²) in [7, 11) is 0. The standard InChI is InChI=1S/C25H19F5N4O4/c1-11-13(25(28,29)30)10-33-24(38-18-5-4-14(26)21(27)12(18)3-2-8-35)19(11)16-9-17(36)20-15(34-16)6-7-32-22(20)23(31)37/h4-7,9-10,35H,2-3,8H2,1H3,(H2,31,37)(H,34,36). The van der Waals surface area contributed by atoms with Crippen LogP contribution in [0, 0.1) is 18.6 Å². The van der Waals surface area contributed by atoms with E-state index in [9.17, 15) is 31.5 Å². The fourth-order valence-electron chi connectivity index (χ4n) is 4.04. The lowest BCUT2D eigenvalue weighted by molar-refractivity contribution is -0.138. The van der Waals surface area contributed by atoms with Crippen molar-refractivity contribution in [2.75, 3.05) is 6.61 Å². The number of primary amides is 1. The molecule has 0 radical (unpaired) electrons. The van der Waals surface area contributed by atoms with Crippen LogP contribution in [0.5, 0.6) is 11.6 Å². The number of aromatic nitrogens is 3. The van der Waals surface area contributed by atoms with Gasteiger partial charge in [0.25, 0.3) is 5.91 Å². The number of ether oxygens (including phenoxy) is 1. The Kier molecular flexibility index (Phi) is 7.14. The number of carbonyl (C=O) groups is 1. The fourth-order valence-corrected chi connectivity index (χ4v) is 4.04. The van der Waals surface area contributed by atoms with Gasteiger partial charge in [0.2, 0.25) is 5.88 Å². The topological polar surface area (TPSA) is 131 Å². The second kappa shape index (κ2) is 10.2. The molecule has 0 unspecified atom stereocenters. The molecule has 0 fully saturated rings. The summed E-state index contributed by atoms with van der Waals surface area (Å²) in [6, 6.07) is 4.12. The number of pyridine rings is 3. The maximum Gasteiger partial charge on any atom is 0.418 e. The predicted molar refractivity (Wildman–Crippen MR) is 126 cm³/mol. The van der Waals surface area contributed by atoms with Crippen molar-refractivity contribution >= 4 is 16.8 Å². The normalized spacial score (nSPS) is 11.7. The molecule has 198 valence electrons. The second-order valence-corrected chi connectivity index (χ2v) is 8.24. The molecule has 38 heavy (non-hydrogen) atoms. The van der Waals surface area contributed by atoms with E-state index in [0.717, 1.165) is 25.1 Å². The van der Waals surface area contributed by atoms with Gasteiger partial charge in [-0.1, -0.05) is 0 Å². The molecule has 1 aromatic carbocycles. The number of fused-ring (bicyclic) bond motifs is 1. The molecule has 0 bridgehead atoms. The van der Waals surface area contributed by atoms with Gasteiger partial charge < -0.3 is 20.6 Å². The number of H-pyrrole nitrogens is 1. The molecule has 13 heteroatoms. The SMILES string of the molecule is Cc1c(C(F)(F)F)cnc(Oc2ccc(F)c(F)c2CCCO)c1-c1cc(=O)c2c(C(N)=O)nccc2[nH]1. The lowest BCUT2D eigenvalue weighted by atomic mass is 10.0. The van der Waals surface area contributed by atoms with Crippen molar-refractivity contribution in [3.8, 4) is 22.9 Å². The molecular weight excluding hydrogens is 515 g/mol. The van der Waals surface area contributed by atoms with E-state index in [2.05, 4.69) is 15.0 Å². The number of hydrogen-bond donors (Lipinski definition) is 3. The lowest BCUT2D eigenvalue weighted by Crippen LogP contribution is -2.18. The summed E-state index contributed by atoms with van der Waals surface area (Å²) in [4.78, 5) is 35.0. The predicted octanol–water partition coefficient (Wildman–Crippen LogP) is 4.41. The molecule has 3 aromatic heterocycles. The minimum absolute atomic E-state index is 0.0514. The number of benzene rings is 1. The van der Waals surface area contributed by atoms with Gasteiger partial charge in [-0.25, -0.2) is 13.8 Å². The Morgan fingerprint density at radius 3 is 2.58 bits per heavy atom. The van der Waals surface area contributed by atoms with Gasteiger partial charge in [-0.3, -0.25) is 14.6 Å². The van der Waals surface area contributed by atoms with Crippen LogP contribution in [0.15, 0.2) is 41.5 Å². The molecule has 0 aliphatic heterocycles. The Hall–Kier alpha value is -4.39. The van der Waals surface area contributed by atoms with Crippen LogP contribution in [0.3, 0.4) is 0 Å². The van der Waals surface area contributed by atoms with Crippen LogP contribution >= 0.6 is 0 Å². The van der Waals surface area contributed by atoms with Crippen molar-refractivity contribution in [2.45, 2.75) is 25.9 Å². The highest BCUT2D eigenvalue weighted by atomic mass is 19.4. The van der Waals surface area contributed by atoms with Crippen LogP contribution in [0.1, 0.15) is 33.6 Å². The highest BCUT2D eigenvalue weighted by Gasteiger charge is 2.35. The van der Waals surface area contributed by atoms with Crippen LogP contribution in [0.25, 0.3) is 22.2 Å². The molecule has 0 aliphatic rings. The number of aromatic amines is 1. The van der Waals surface area contributed by atoms with Crippen molar-refractivity contribution in [3.63, 3.8) is 0 Å². The first-order valence-corrected chi connectivity index (χ1v) is 11.1. The maximum absolute atomic E-state index is 14.5. The molecule has 4 rings (SSSR count). The maximum atomic E-state index is 14.5. The van der Waals surface area contributed by atoms with Crippen molar-refractivity contribution in [1.29, 1.82) is 0 Å². The minimum Gasteiger partial charge on any atom is -0.438 e. The van der Waals surface area contributed by atoms with Crippen molar-refractivity contribution in [2.24, 2.45) is 5.73 Å². The molecule has 1 amide bonds. The number of alkyl halides is 3. The number of nitrogens with zero attached hydrogens (tertiary/aromatic N) is 2. The second-order valence-electron chi connectivity index (χ2n) is 8.24. The van der Waals surface area contributed by atoms with Gasteiger partial charge in [0.1, 0.15) is 11.4 Å². The van der Waals surface area contributed by atoms with Gasteiger partial charge in [0.15, 0.2) is 17.1 Å². The molecule has 3 heterocycles. The van der Waals surface area contributed by atoms with E-state index in [1.807, 2.05) is 0 Å². The first-order valence-electron chi connectivity index (χ1n) is 11.1. The number of aliphatic hydroxyl groups excluding tert-OH is 1. The third-order valence-electron chi connectivity index (χ3n) is 5.80. The average Bonchev–Trinajstić information content (AvgIpc) is 2.84. The number of halogens is 5. The number of carbonyl (C=O) groups excluding carboxylic acids is 1. The Balaban J connectivity index is 1.98. The summed E-state index contributed by atoms with van der Waals surface area (Å²) < 4.78 is 75.4. The van der Waals surface area contributed by atoms with Crippen LogP contribution in [-0.4, -0.2) is 32.6 Å². The summed E-state index contributed by atoms with van der Waals surface area (Å²) in [6.07, 6.45) is -3.20. The summed E-state index contributed by atoms with van der Waals surface area (Å²) in [5.41, 5.74) is 2.04. The molecule has 0 spiro atoms. The molecule has 0 saturated carbocycles. The van der Waals surface area contributed by atoms with E-state index < -0.39 is 40.6 Å². The zero-order valence-corrected chi connectivity index (χ0v) is 19.6. The average molecular weight is 534 g/mol. The van der Waals surface area contributed by atoms with E-state index in [4.69, 9.17) is 15.6 Å². The Morgan fingerprint density at radius 2 is 1.92 bits per heavy atom. The first-order chi connectivity index (χ1) is 17.9. The third kappa shape index (κ3) is 4.92. The molecule has 0 saturated heterocycles. The molecular formula is C25H19F5N4O4. The molecule has 8 nitrogen and oxygen atoms in total. The minimum atomic E-state index is -4.82. The van der Waals surface area contributed by atoms with Gasteiger partial charge in [-0.05, 0) is 43.5 Å². The number of hydrogen-bond acceptors (Lipinski definition) is 6. The Labute approximate surface area is 210 Å². The van der Waals surface area contributed by atoms with E-state index in [1.54, 1.807) is 0 Å². The summed E-state index contributed by atoms with van der Waals surface area (Å²) in [5.74, 6) is -4.09. The van der Waals surface area contributed by atoms with Crippen LogP contribution in [0.2, 0.25) is 0 Å². The number of rotatable bonds is 7. The number of aliphatic hydroxyl groups is 1. The lowest BCUT2D eigenvalue weighted by Gasteiger charge is -2.19. The highest BCUT2D eigenvalue weighted by Crippen LogP contribution is 2.41. The van der Waals surface area contributed by atoms with E-state index >= 15 is 0 Å². The van der Waals surface area contributed by atoms with E-state index in [0.29, 0.717) is 6.20 Å². The first kappa shape index (κ1) is 26.7. The highest BCUT2D eigenvalue weighted by molar-refractivity contribution is 6.03. The summed E-state index contributed by atoms with van der Waals surface area (Å²) in [6.45, 7) is 0.799. The third-order valence-corrected chi connectivity index (χ3v) is 5.80. The zero-order chi connectivity index (χ0) is 27.8. The number of nitrogens with one attached hydrogen (secondary N) is 1. The smallest absolute Gasteiger partial charge is 0.418 e. The van der Waals surface area contributed by atoms with E-state index in [-0.39, 0.29) is 64.2 Å². The molecule has 4 aromatic rings. The van der Waals surface area contributed by atoms with Crippen molar-refractivity contribution in [3.05, 3.63) is 80.9 Å². The Morgan fingerprint density at radius 1 is 1.18 bits per heavy atom. The van der Waals surface area contributed by atoms with Crippen molar-refractivity contribution in [1.82, 2.24) is 15.0 Å². The quantitative estimate of drug-likeness (QED) is 0.301. The van der Waals surface area contributed by atoms with Crippen LogP contribution in [-0.2, 0) is 12.6 Å². The fraction of sp³-hybridized carbons (Fsp3) is 0.200. The van der Waals surface area contributed by atoms with Gasteiger partial charge in [-0.15, -0.1) is 0 Å². The molecule has 0 aliphatic carbocycles. The molecule has 4 N–H and O–H groups in total. The monoisotopic (exact) mass is 534 g/mol. The van der Waals surface area contributed by atoms with Gasteiger partial charge in [0, 0.05) is 30.6 Å². The number of amides is 1. The largest absolute Gasteiger partial charge is 0.438 e. The van der Waals surface area contributed by atoms with Gasteiger partial charge in [0.05, 0.1) is 27.7 Å². The van der Waals surface area contributed by atoms with Gasteiger partial charge >= 0.3 is 6.18 Å². The van der Waals surface area contributed by atoms with E-state index in [1.165, 1.54) is 12.3 Å².